The lowest BCUT2D eigenvalue weighted by Gasteiger charge is -2.22. The fraction of sp³-hybridized carbons (Fsp3) is 0.364. The van der Waals surface area contributed by atoms with Crippen LogP contribution in [0.1, 0.15) is 31.0 Å². The summed E-state index contributed by atoms with van der Waals surface area (Å²) >= 11 is 0. The van der Waals surface area contributed by atoms with Gasteiger partial charge >= 0.3 is 0 Å². The number of fused-ring (bicyclic) bond motifs is 1. The fourth-order valence-electron chi connectivity index (χ4n) is 1.88. The number of benzene rings is 1. The summed E-state index contributed by atoms with van der Waals surface area (Å²) in [5.74, 6) is 1.39. The van der Waals surface area contributed by atoms with Crippen LogP contribution < -0.4 is 0 Å². The van der Waals surface area contributed by atoms with E-state index in [4.69, 9.17) is 0 Å². The molecule has 1 aliphatic carbocycles. The van der Waals surface area contributed by atoms with Gasteiger partial charge in [-0.25, -0.2) is 9.37 Å². The van der Waals surface area contributed by atoms with Gasteiger partial charge in [0.25, 0.3) is 0 Å². The van der Waals surface area contributed by atoms with Crippen molar-refractivity contribution in [2.45, 2.75) is 25.2 Å². The average molecular weight is 190 g/mol. The minimum absolute atomic E-state index is 0.207. The van der Waals surface area contributed by atoms with Crippen molar-refractivity contribution in [2.75, 3.05) is 0 Å². The van der Waals surface area contributed by atoms with Gasteiger partial charge in [-0.2, -0.15) is 0 Å². The number of nitrogens with one attached hydrogen (secondary N) is 1. The minimum atomic E-state index is -0.207. The van der Waals surface area contributed by atoms with E-state index in [2.05, 4.69) is 9.97 Å². The summed E-state index contributed by atoms with van der Waals surface area (Å²) in [6.45, 7) is 0. The maximum atomic E-state index is 12.9. The van der Waals surface area contributed by atoms with E-state index in [0.29, 0.717) is 5.92 Å². The van der Waals surface area contributed by atoms with Gasteiger partial charge in [-0.1, -0.05) is 6.42 Å². The van der Waals surface area contributed by atoms with Crippen molar-refractivity contribution in [1.82, 2.24) is 9.97 Å². The SMILES string of the molecule is Fc1ccc2nc(C3CCC3)[nH]c2c1. The lowest BCUT2D eigenvalue weighted by atomic mass is 9.85. The highest BCUT2D eigenvalue weighted by Crippen LogP contribution is 2.35. The molecule has 0 bridgehead atoms. The second-order valence-electron chi connectivity index (χ2n) is 3.91. The molecule has 1 aromatic heterocycles. The van der Waals surface area contributed by atoms with E-state index in [-0.39, 0.29) is 5.82 Å². The minimum Gasteiger partial charge on any atom is -0.342 e. The molecule has 0 unspecified atom stereocenters. The highest BCUT2D eigenvalue weighted by Gasteiger charge is 2.22. The van der Waals surface area contributed by atoms with Crippen molar-refractivity contribution in [3.05, 3.63) is 29.8 Å². The third-order valence-electron chi connectivity index (χ3n) is 2.95. The molecule has 1 fully saturated rings. The van der Waals surface area contributed by atoms with Gasteiger partial charge in [-0.05, 0) is 31.0 Å². The van der Waals surface area contributed by atoms with Crippen LogP contribution in [0.25, 0.3) is 11.0 Å². The smallest absolute Gasteiger partial charge is 0.125 e. The summed E-state index contributed by atoms with van der Waals surface area (Å²) in [5.41, 5.74) is 1.68. The first-order valence-electron chi connectivity index (χ1n) is 4.98. The predicted molar refractivity (Wildman–Crippen MR) is 52.6 cm³/mol. The molecule has 2 nitrogen and oxygen atoms in total. The Bertz CT molecular complexity index is 471. The number of aromatic amines is 1. The van der Waals surface area contributed by atoms with Gasteiger partial charge in [0.2, 0.25) is 0 Å². The van der Waals surface area contributed by atoms with Crippen molar-refractivity contribution in [3.63, 3.8) is 0 Å². The van der Waals surface area contributed by atoms with Gasteiger partial charge < -0.3 is 4.98 Å². The normalized spacial score (nSPS) is 17.2. The van der Waals surface area contributed by atoms with E-state index in [1.807, 2.05) is 0 Å². The molecule has 0 spiro atoms. The Morgan fingerprint density at radius 3 is 2.93 bits per heavy atom. The zero-order valence-corrected chi connectivity index (χ0v) is 7.76. The first kappa shape index (κ1) is 7.97. The molecule has 72 valence electrons. The molecule has 1 aromatic carbocycles. The van der Waals surface area contributed by atoms with Gasteiger partial charge in [0.05, 0.1) is 11.0 Å². The van der Waals surface area contributed by atoms with E-state index in [1.165, 1.54) is 31.4 Å². The van der Waals surface area contributed by atoms with Crippen LogP contribution in [0, 0.1) is 5.82 Å². The molecule has 0 atom stereocenters. The van der Waals surface area contributed by atoms with Crippen LogP contribution in [-0.2, 0) is 0 Å². The van der Waals surface area contributed by atoms with Gasteiger partial charge in [0.1, 0.15) is 11.6 Å². The third-order valence-corrected chi connectivity index (χ3v) is 2.95. The lowest BCUT2D eigenvalue weighted by molar-refractivity contribution is 0.405. The quantitative estimate of drug-likeness (QED) is 0.735. The molecule has 1 heterocycles. The maximum absolute atomic E-state index is 12.9. The van der Waals surface area contributed by atoms with E-state index in [0.717, 1.165) is 16.9 Å². The highest BCUT2D eigenvalue weighted by atomic mass is 19.1. The number of imidazole rings is 1. The Kier molecular flexibility index (Phi) is 1.60. The summed E-state index contributed by atoms with van der Waals surface area (Å²) in [5, 5.41) is 0. The summed E-state index contributed by atoms with van der Waals surface area (Å²) in [7, 11) is 0. The largest absolute Gasteiger partial charge is 0.342 e. The Labute approximate surface area is 81.2 Å². The van der Waals surface area contributed by atoms with Crippen molar-refractivity contribution >= 4 is 11.0 Å². The van der Waals surface area contributed by atoms with Gasteiger partial charge in [0, 0.05) is 5.92 Å². The molecule has 0 aliphatic heterocycles. The second-order valence-corrected chi connectivity index (χ2v) is 3.91. The van der Waals surface area contributed by atoms with Crippen molar-refractivity contribution in [3.8, 4) is 0 Å². The number of aromatic nitrogens is 2. The summed E-state index contributed by atoms with van der Waals surface area (Å²) in [4.78, 5) is 7.64. The first-order chi connectivity index (χ1) is 6.83. The Morgan fingerprint density at radius 2 is 2.21 bits per heavy atom. The molecular formula is C11H11FN2. The van der Waals surface area contributed by atoms with Crippen LogP contribution in [0.5, 0.6) is 0 Å². The van der Waals surface area contributed by atoms with Crippen molar-refractivity contribution in [2.24, 2.45) is 0 Å². The van der Waals surface area contributed by atoms with E-state index in [1.54, 1.807) is 6.07 Å². The Morgan fingerprint density at radius 1 is 1.36 bits per heavy atom. The molecule has 1 saturated carbocycles. The Balaban J connectivity index is 2.10. The fourth-order valence-corrected chi connectivity index (χ4v) is 1.88. The summed E-state index contributed by atoms with van der Waals surface area (Å²) < 4.78 is 12.9. The van der Waals surface area contributed by atoms with Crippen LogP contribution in [0.4, 0.5) is 4.39 Å². The molecular weight excluding hydrogens is 179 g/mol. The van der Waals surface area contributed by atoms with Crippen molar-refractivity contribution in [1.29, 1.82) is 0 Å². The zero-order chi connectivity index (χ0) is 9.54. The van der Waals surface area contributed by atoms with E-state index >= 15 is 0 Å². The maximum Gasteiger partial charge on any atom is 0.125 e. The third kappa shape index (κ3) is 1.12. The molecule has 0 saturated heterocycles. The van der Waals surface area contributed by atoms with Crippen LogP contribution in [0.2, 0.25) is 0 Å². The van der Waals surface area contributed by atoms with E-state index < -0.39 is 0 Å². The molecule has 1 aliphatic rings. The van der Waals surface area contributed by atoms with Crippen LogP contribution >= 0.6 is 0 Å². The molecule has 0 radical (unpaired) electrons. The van der Waals surface area contributed by atoms with Gasteiger partial charge in [0.15, 0.2) is 0 Å². The molecule has 14 heavy (non-hydrogen) atoms. The summed E-state index contributed by atoms with van der Waals surface area (Å²) in [6.07, 6.45) is 3.71. The van der Waals surface area contributed by atoms with Crippen LogP contribution in [-0.4, -0.2) is 9.97 Å². The summed E-state index contributed by atoms with van der Waals surface area (Å²) in [6, 6.07) is 4.68. The number of H-pyrrole nitrogens is 1. The molecule has 0 amide bonds. The van der Waals surface area contributed by atoms with Crippen LogP contribution in [0.3, 0.4) is 0 Å². The average Bonchev–Trinajstić information content (AvgIpc) is 2.43. The molecule has 1 N–H and O–H groups in total. The number of halogens is 1. The molecule has 3 heteroatoms. The topological polar surface area (TPSA) is 28.7 Å². The molecule has 3 rings (SSSR count). The Hall–Kier alpha value is -1.38. The lowest BCUT2D eigenvalue weighted by Crippen LogP contribution is -2.10. The number of nitrogens with zero attached hydrogens (tertiary/aromatic N) is 1. The number of hydrogen-bond donors (Lipinski definition) is 1. The zero-order valence-electron chi connectivity index (χ0n) is 7.76. The monoisotopic (exact) mass is 190 g/mol. The standard InChI is InChI=1S/C11H11FN2/c12-8-4-5-9-10(6-8)14-11(13-9)7-2-1-3-7/h4-7H,1-3H2,(H,13,14). The van der Waals surface area contributed by atoms with Gasteiger partial charge in [-0.3, -0.25) is 0 Å². The van der Waals surface area contributed by atoms with Gasteiger partial charge in [-0.15, -0.1) is 0 Å². The van der Waals surface area contributed by atoms with E-state index in [9.17, 15) is 4.39 Å². The molecule has 2 aromatic rings. The predicted octanol–water partition coefficient (Wildman–Crippen LogP) is 2.97. The number of rotatable bonds is 1. The highest BCUT2D eigenvalue weighted by molar-refractivity contribution is 5.75. The first-order valence-corrected chi connectivity index (χ1v) is 4.98. The second kappa shape index (κ2) is 2.80. The van der Waals surface area contributed by atoms with Crippen LogP contribution in [0.15, 0.2) is 18.2 Å². The van der Waals surface area contributed by atoms with Crippen molar-refractivity contribution < 1.29 is 4.39 Å². The number of hydrogen-bond acceptors (Lipinski definition) is 1.